The summed E-state index contributed by atoms with van der Waals surface area (Å²) in [6.45, 7) is 8.33. The molecule has 43 heavy (non-hydrogen) atoms. The molecule has 1 atom stereocenters. The molecule has 0 aliphatic rings. The van der Waals surface area contributed by atoms with Crippen molar-refractivity contribution < 1.29 is 19.1 Å². The SMILES string of the molecule is CCOc1ccc(/C=C(/NC(=O)c2ccccc2)C(=O)Nc2cccc(SC(C)C(=O)Nc3ccc(C)c(C)c3)c2)cc1. The second-order valence-electron chi connectivity index (χ2n) is 9.91. The average Bonchev–Trinajstić information content (AvgIpc) is 3.00. The highest BCUT2D eigenvalue weighted by Gasteiger charge is 2.17. The summed E-state index contributed by atoms with van der Waals surface area (Å²) in [6.07, 6.45) is 1.61. The highest BCUT2D eigenvalue weighted by atomic mass is 32.2. The molecule has 4 aromatic carbocycles. The van der Waals surface area contributed by atoms with Gasteiger partial charge in [-0.3, -0.25) is 14.4 Å². The van der Waals surface area contributed by atoms with Gasteiger partial charge in [0, 0.05) is 21.8 Å². The van der Waals surface area contributed by atoms with E-state index in [2.05, 4.69) is 16.0 Å². The lowest BCUT2D eigenvalue weighted by atomic mass is 10.1. The third kappa shape index (κ3) is 9.08. The van der Waals surface area contributed by atoms with Crippen molar-refractivity contribution in [1.29, 1.82) is 0 Å². The molecule has 0 spiro atoms. The average molecular weight is 594 g/mol. The van der Waals surface area contributed by atoms with Crippen LogP contribution in [0.4, 0.5) is 11.4 Å². The lowest BCUT2D eigenvalue weighted by Gasteiger charge is -2.14. The predicted molar refractivity (Wildman–Crippen MR) is 174 cm³/mol. The van der Waals surface area contributed by atoms with Gasteiger partial charge in [-0.1, -0.05) is 42.5 Å². The minimum atomic E-state index is -0.485. The molecule has 220 valence electrons. The van der Waals surface area contributed by atoms with Crippen molar-refractivity contribution in [2.45, 2.75) is 37.8 Å². The van der Waals surface area contributed by atoms with E-state index in [1.807, 2.05) is 88.4 Å². The number of amides is 3. The van der Waals surface area contributed by atoms with Crippen molar-refractivity contribution >= 4 is 46.9 Å². The molecule has 0 aliphatic carbocycles. The molecule has 0 aliphatic heterocycles. The molecular weight excluding hydrogens is 558 g/mol. The summed E-state index contributed by atoms with van der Waals surface area (Å²) in [7, 11) is 0. The minimum absolute atomic E-state index is 0.0807. The smallest absolute Gasteiger partial charge is 0.272 e. The number of nitrogens with one attached hydrogen (secondary N) is 3. The fourth-order valence-corrected chi connectivity index (χ4v) is 5.03. The normalized spacial score (nSPS) is 11.8. The summed E-state index contributed by atoms with van der Waals surface area (Å²) in [5, 5.41) is 8.23. The number of hydrogen-bond acceptors (Lipinski definition) is 5. The Morgan fingerprint density at radius 2 is 1.53 bits per heavy atom. The molecule has 0 radical (unpaired) electrons. The highest BCUT2D eigenvalue weighted by Crippen LogP contribution is 2.27. The number of hydrogen-bond donors (Lipinski definition) is 3. The second kappa shape index (κ2) is 14.9. The van der Waals surface area contributed by atoms with E-state index in [0.717, 1.165) is 27.3 Å². The van der Waals surface area contributed by atoms with Crippen LogP contribution in [0.25, 0.3) is 6.08 Å². The predicted octanol–water partition coefficient (Wildman–Crippen LogP) is 7.23. The fourth-order valence-electron chi connectivity index (χ4n) is 4.10. The maximum Gasteiger partial charge on any atom is 0.272 e. The van der Waals surface area contributed by atoms with E-state index in [1.165, 1.54) is 11.8 Å². The monoisotopic (exact) mass is 593 g/mol. The molecule has 0 bridgehead atoms. The van der Waals surface area contributed by atoms with Crippen molar-refractivity contribution in [3.63, 3.8) is 0 Å². The standard InChI is InChI=1S/C35H35N3O4S/c1-5-42-30-18-15-26(16-19-30)21-32(38-34(40)27-10-7-6-8-11-27)35(41)37-28-12-9-13-31(22-28)43-25(4)33(39)36-29-17-14-23(2)24(3)20-29/h6-22,25H,5H2,1-4H3,(H,36,39)(H,37,41)(H,38,40)/b32-21+. The summed E-state index contributed by atoms with van der Waals surface area (Å²) in [6, 6.07) is 29.0. The molecule has 0 saturated carbocycles. The molecule has 0 fully saturated rings. The van der Waals surface area contributed by atoms with E-state index >= 15 is 0 Å². The van der Waals surface area contributed by atoms with Gasteiger partial charge in [0.05, 0.1) is 11.9 Å². The maximum atomic E-state index is 13.5. The van der Waals surface area contributed by atoms with Crippen molar-refractivity contribution in [1.82, 2.24) is 5.32 Å². The first-order chi connectivity index (χ1) is 20.7. The third-order valence-electron chi connectivity index (χ3n) is 6.58. The van der Waals surface area contributed by atoms with Gasteiger partial charge in [-0.15, -0.1) is 11.8 Å². The van der Waals surface area contributed by atoms with Crippen LogP contribution in [0, 0.1) is 13.8 Å². The van der Waals surface area contributed by atoms with Crippen LogP contribution in [-0.4, -0.2) is 29.6 Å². The summed E-state index contributed by atoms with van der Waals surface area (Å²) < 4.78 is 5.51. The summed E-state index contributed by atoms with van der Waals surface area (Å²) in [4.78, 5) is 40.1. The summed E-state index contributed by atoms with van der Waals surface area (Å²) in [5.74, 6) is -0.293. The van der Waals surface area contributed by atoms with Crippen LogP contribution in [0.15, 0.2) is 108 Å². The van der Waals surface area contributed by atoms with Crippen molar-refractivity contribution in [3.05, 3.63) is 125 Å². The van der Waals surface area contributed by atoms with Gasteiger partial charge in [-0.2, -0.15) is 0 Å². The Hall–Kier alpha value is -4.82. The molecule has 7 nitrogen and oxygen atoms in total. The number of anilines is 2. The van der Waals surface area contributed by atoms with Gasteiger partial charge in [0.25, 0.3) is 11.8 Å². The zero-order chi connectivity index (χ0) is 30.8. The van der Waals surface area contributed by atoms with E-state index < -0.39 is 11.8 Å². The third-order valence-corrected chi connectivity index (χ3v) is 7.67. The minimum Gasteiger partial charge on any atom is -0.494 e. The molecule has 3 N–H and O–H groups in total. The number of benzene rings is 4. The van der Waals surface area contributed by atoms with Crippen LogP contribution < -0.4 is 20.7 Å². The van der Waals surface area contributed by atoms with Crippen molar-refractivity contribution in [3.8, 4) is 5.75 Å². The lowest BCUT2D eigenvalue weighted by molar-refractivity contribution is -0.115. The van der Waals surface area contributed by atoms with E-state index in [0.29, 0.717) is 23.6 Å². The van der Waals surface area contributed by atoms with Gasteiger partial charge in [0.2, 0.25) is 5.91 Å². The number of aryl methyl sites for hydroxylation is 2. The van der Waals surface area contributed by atoms with Gasteiger partial charge in [-0.25, -0.2) is 0 Å². The zero-order valence-electron chi connectivity index (χ0n) is 24.6. The van der Waals surface area contributed by atoms with Crippen LogP contribution in [0.2, 0.25) is 0 Å². The number of thioether (sulfide) groups is 1. The number of rotatable bonds is 11. The second-order valence-corrected chi connectivity index (χ2v) is 11.3. The van der Waals surface area contributed by atoms with E-state index in [4.69, 9.17) is 4.74 Å². The number of carbonyl (C=O) groups is 3. The van der Waals surface area contributed by atoms with Crippen molar-refractivity contribution in [2.24, 2.45) is 0 Å². The fraction of sp³-hybridized carbons (Fsp3) is 0.171. The van der Waals surface area contributed by atoms with Gasteiger partial charge < -0.3 is 20.7 Å². The number of ether oxygens (including phenoxy) is 1. The molecule has 4 aromatic rings. The van der Waals surface area contributed by atoms with Crippen LogP contribution in [0.5, 0.6) is 5.75 Å². The Morgan fingerprint density at radius 3 is 2.23 bits per heavy atom. The Balaban J connectivity index is 1.48. The molecule has 0 saturated heterocycles. The van der Waals surface area contributed by atoms with E-state index in [1.54, 1.807) is 42.5 Å². The molecular formula is C35H35N3O4S. The highest BCUT2D eigenvalue weighted by molar-refractivity contribution is 8.00. The topological polar surface area (TPSA) is 96.5 Å². The maximum absolute atomic E-state index is 13.5. The lowest BCUT2D eigenvalue weighted by Crippen LogP contribution is -2.30. The first-order valence-corrected chi connectivity index (χ1v) is 14.9. The Bertz CT molecular complexity index is 1620. The summed E-state index contributed by atoms with van der Waals surface area (Å²) >= 11 is 1.38. The van der Waals surface area contributed by atoms with Crippen LogP contribution in [0.1, 0.15) is 40.9 Å². The van der Waals surface area contributed by atoms with Crippen LogP contribution in [0.3, 0.4) is 0 Å². The molecule has 0 heterocycles. The number of carbonyl (C=O) groups excluding carboxylic acids is 3. The molecule has 4 rings (SSSR count). The van der Waals surface area contributed by atoms with Crippen molar-refractivity contribution in [2.75, 3.05) is 17.2 Å². The van der Waals surface area contributed by atoms with E-state index in [-0.39, 0.29) is 16.9 Å². The van der Waals surface area contributed by atoms with Crippen LogP contribution >= 0.6 is 11.8 Å². The largest absolute Gasteiger partial charge is 0.494 e. The zero-order valence-corrected chi connectivity index (χ0v) is 25.5. The quantitative estimate of drug-likeness (QED) is 0.126. The first-order valence-electron chi connectivity index (χ1n) is 14.0. The van der Waals surface area contributed by atoms with Crippen LogP contribution in [-0.2, 0) is 9.59 Å². The Labute approximate surface area is 256 Å². The molecule has 0 aromatic heterocycles. The van der Waals surface area contributed by atoms with Gasteiger partial charge in [0.15, 0.2) is 0 Å². The Kier molecular flexibility index (Phi) is 10.8. The first kappa shape index (κ1) is 31.1. The van der Waals surface area contributed by atoms with Gasteiger partial charge in [-0.05, 0) is 105 Å². The molecule has 3 amide bonds. The van der Waals surface area contributed by atoms with Gasteiger partial charge in [0.1, 0.15) is 11.4 Å². The van der Waals surface area contributed by atoms with Gasteiger partial charge >= 0.3 is 0 Å². The molecule has 1 unspecified atom stereocenters. The molecule has 8 heteroatoms. The Morgan fingerprint density at radius 1 is 0.814 bits per heavy atom. The van der Waals surface area contributed by atoms with E-state index in [9.17, 15) is 14.4 Å². The summed E-state index contributed by atoms with van der Waals surface area (Å²) in [5.41, 5.74) is 4.79.